The van der Waals surface area contributed by atoms with Gasteiger partial charge in [0.15, 0.2) is 0 Å². The first-order valence-electron chi connectivity index (χ1n) is 7.16. The summed E-state index contributed by atoms with van der Waals surface area (Å²) in [6.45, 7) is 1.83. The van der Waals surface area contributed by atoms with Gasteiger partial charge < -0.3 is 10.6 Å². The van der Waals surface area contributed by atoms with E-state index in [2.05, 4.69) is 10.6 Å². The summed E-state index contributed by atoms with van der Waals surface area (Å²) < 4.78 is 0. The van der Waals surface area contributed by atoms with E-state index >= 15 is 0 Å². The Morgan fingerprint density at radius 1 is 1.00 bits per heavy atom. The molecule has 0 bridgehead atoms. The number of hydrogen-bond acceptors (Lipinski definition) is 4. The van der Waals surface area contributed by atoms with E-state index in [1.165, 1.54) is 4.90 Å². The van der Waals surface area contributed by atoms with Crippen molar-refractivity contribution in [3.05, 3.63) is 34.4 Å². The van der Waals surface area contributed by atoms with Crippen molar-refractivity contribution in [3.63, 3.8) is 0 Å². The van der Waals surface area contributed by atoms with Gasteiger partial charge in [0.2, 0.25) is 5.91 Å². The summed E-state index contributed by atoms with van der Waals surface area (Å²) in [5.74, 6) is -0.482. The van der Waals surface area contributed by atoms with Crippen LogP contribution in [-0.4, -0.2) is 35.2 Å². The first kappa shape index (κ1) is 12.5. The number of piperidine rings is 1. The zero-order valence-corrected chi connectivity index (χ0v) is 11.4. The van der Waals surface area contributed by atoms with Crippen LogP contribution in [0, 0.1) is 0 Å². The Bertz CT molecular complexity index is 630. The summed E-state index contributed by atoms with van der Waals surface area (Å²) in [5, 5.41) is 5.94. The highest BCUT2D eigenvalue weighted by Crippen LogP contribution is 2.30. The highest BCUT2D eigenvalue weighted by Gasteiger charge is 2.41. The molecule has 3 aliphatic heterocycles. The zero-order chi connectivity index (χ0) is 14.6. The molecule has 2 N–H and O–H groups in total. The molecule has 3 aliphatic rings. The van der Waals surface area contributed by atoms with Crippen LogP contribution in [0.15, 0.2) is 12.1 Å². The fourth-order valence-electron chi connectivity index (χ4n) is 3.33. The number of nitrogens with one attached hydrogen (secondary N) is 2. The molecule has 0 aliphatic carbocycles. The van der Waals surface area contributed by atoms with Crippen LogP contribution in [0.5, 0.6) is 0 Å². The summed E-state index contributed by atoms with van der Waals surface area (Å²) in [7, 11) is 0. The Labute approximate surface area is 121 Å². The second-order valence-electron chi connectivity index (χ2n) is 5.75. The van der Waals surface area contributed by atoms with Gasteiger partial charge >= 0.3 is 0 Å². The molecule has 1 aromatic carbocycles. The molecule has 4 rings (SSSR count). The molecular formula is C15H15N3O3. The van der Waals surface area contributed by atoms with Crippen molar-refractivity contribution in [1.82, 2.24) is 15.5 Å². The van der Waals surface area contributed by atoms with Gasteiger partial charge in [0.1, 0.15) is 0 Å². The maximum absolute atomic E-state index is 12.6. The lowest BCUT2D eigenvalue weighted by Gasteiger charge is -2.29. The van der Waals surface area contributed by atoms with E-state index in [0.29, 0.717) is 30.5 Å². The molecule has 0 saturated carbocycles. The van der Waals surface area contributed by atoms with E-state index in [9.17, 15) is 14.4 Å². The molecule has 1 atom stereocenters. The summed E-state index contributed by atoms with van der Waals surface area (Å²) in [5.41, 5.74) is 3.18. The average molecular weight is 285 g/mol. The molecular weight excluding hydrogens is 270 g/mol. The van der Waals surface area contributed by atoms with Crippen molar-refractivity contribution in [2.45, 2.75) is 32.0 Å². The molecule has 21 heavy (non-hydrogen) atoms. The normalized spacial score (nSPS) is 24.1. The summed E-state index contributed by atoms with van der Waals surface area (Å²) in [6, 6.07) is 3.45. The zero-order valence-electron chi connectivity index (χ0n) is 11.4. The largest absolute Gasteiger partial charge is 0.354 e. The minimum Gasteiger partial charge on any atom is -0.354 e. The number of nitrogens with zero attached hydrogens (tertiary/aromatic N) is 1. The third-order valence-electron chi connectivity index (χ3n) is 4.47. The van der Waals surface area contributed by atoms with Crippen LogP contribution in [0.1, 0.15) is 44.7 Å². The average Bonchev–Trinajstić information content (AvgIpc) is 3.03. The molecule has 1 saturated heterocycles. The van der Waals surface area contributed by atoms with Crippen LogP contribution in [0.3, 0.4) is 0 Å². The van der Waals surface area contributed by atoms with E-state index in [4.69, 9.17) is 0 Å². The van der Waals surface area contributed by atoms with Crippen LogP contribution < -0.4 is 10.6 Å². The summed E-state index contributed by atoms with van der Waals surface area (Å²) >= 11 is 0. The third kappa shape index (κ3) is 1.79. The minimum absolute atomic E-state index is 0.0205. The number of hydrogen-bond donors (Lipinski definition) is 2. The molecule has 1 aromatic rings. The number of amides is 3. The number of fused-ring (bicyclic) bond motifs is 2. The monoisotopic (exact) mass is 285 g/mol. The number of rotatable bonds is 1. The molecule has 3 heterocycles. The molecule has 1 unspecified atom stereocenters. The molecule has 6 nitrogen and oxygen atoms in total. The smallest absolute Gasteiger partial charge is 0.261 e. The van der Waals surface area contributed by atoms with Crippen LogP contribution in [0.2, 0.25) is 0 Å². The third-order valence-corrected chi connectivity index (χ3v) is 4.47. The van der Waals surface area contributed by atoms with E-state index in [0.717, 1.165) is 24.2 Å². The Morgan fingerprint density at radius 2 is 1.62 bits per heavy atom. The number of benzene rings is 1. The van der Waals surface area contributed by atoms with Gasteiger partial charge in [0.05, 0.1) is 17.2 Å². The van der Waals surface area contributed by atoms with Gasteiger partial charge in [-0.15, -0.1) is 0 Å². The van der Waals surface area contributed by atoms with E-state index in [-0.39, 0.29) is 23.8 Å². The van der Waals surface area contributed by atoms with Crippen molar-refractivity contribution in [2.75, 3.05) is 6.54 Å². The number of imide groups is 1. The lowest BCUT2D eigenvalue weighted by molar-refractivity contribution is -0.123. The van der Waals surface area contributed by atoms with Crippen LogP contribution in [0.4, 0.5) is 0 Å². The van der Waals surface area contributed by atoms with Crippen LogP contribution in [0.25, 0.3) is 0 Å². The van der Waals surface area contributed by atoms with Gasteiger partial charge in [-0.25, -0.2) is 0 Å². The lowest BCUT2D eigenvalue weighted by atomic mass is 10.0. The molecule has 1 fully saturated rings. The van der Waals surface area contributed by atoms with Crippen molar-refractivity contribution in [1.29, 1.82) is 0 Å². The quantitative estimate of drug-likeness (QED) is 0.721. The van der Waals surface area contributed by atoms with Gasteiger partial charge in [-0.05, 0) is 29.7 Å². The highest BCUT2D eigenvalue weighted by molar-refractivity contribution is 6.21. The molecule has 3 amide bonds. The minimum atomic E-state index is -0.233. The number of carbonyl (C=O) groups excluding carboxylic acids is 3. The van der Waals surface area contributed by atoms with Crippen molar-refractivity contribution in [3.8, 4) is 0 Å². The molecule has 108 valence electrons. The molecule has 0 radical (unpaired) electrons. The summed E-state index contributed by atoms with van der Waals surface area (Å²) in [6.07, 6.45) is 0.900. The standard InChI is InChI=1S/C15H15N3O3/c19-13-2-1-10(7-17-13)18-14(20)11-3-8-5-16-6-9(8)4-12(11)15(18)21/h3-4,10,16H,1-2,5-7H2,(H,17,19). The van der Waals surface area contributed by atoms with Crippen LogP contribution >= 0.6 is 0 Å². The van der Waals surface area contributed by atoms with Crippen LogP contribution in [-0.2, 0) is 17.9 Å². The predicted molar refractivity (Wildman–Crippen MR) is 73.5 cm³/mol. The van der Waals surface area contributed by atoms with Gasteiger partial charge in [-0.3, -0.25) is 19.3 Å². The van der Waals surface area contributed by atoms with Crippen molar-refractivity contribution >= 4 is 17.7 Å². The summed E-state index contributed by atoms with van der Waals surface area (Å²) in [4.78, 5) is 37.7. The SMILES string of the molecule is O=C1CCC(N2C(=O)c3cc4c(cc3C2=O)CNC4)CN1. The predicted octanol–water partition coefficient (Wildman–Crippen LogP) is 0.164. The lowest BCUT2D eigenvalue weighted by Crippen LogP contribution is -2.50. The second kappa shape index (κ2) is 4.39. The molecule has 0 aromatic heterocycles. The van der Waals surface area contributed by atoms with Gasteiger partial charge in [0.25, 0.3) is 11.8 Å². The Balaban J connectivity index is 1.69. The highest BCUT2D eigenvalue weighted by atomic mass is 16.2. The van der Waals surface area contributed by atoms with Gasteiger partial charge in [-0.2, -0.15) is 0 Å². The number of carbonyl (C=O) groups is 3. The van der Waals surface area contributed by atoms with Crippen molar-refractivity contribution < 1.29 is 14.4 Å². The molecule has 6 heteroatoms. The van der Waals surface area contributed by atoms with E-state index < -0.39 is 0 Å². The first-order valence-corrected chi connectivity index (χ1v) is 7.16. The van der Waals surface area contributed by atoms with Gasteiger partial charge in [0, 0.05) is 26.1 Å². The van der Waals surface area contributed by atoms with E-state index in [1.54, 1.807) is 0 Å². The maximum atomic E-state index is 12.6. The van der Waals surface area contributed by atoms with Gasteiger partial charge in [-0.1, -0.05) is 0 Å². The van der Waals surface area contributed by atoms with Crippen molar-refractivity contribution in [2.24, 2.45) is 0 Å². The Kier molecular flexibility index (Phi) is 2.62. The fraction of sp³-hybridized carbons (Fsp3) is 0.400. The first-order chi connectivity index (χ1) is 10.1. The topological polar surface area (TPSA) is 78.5 Å². The maximum Gasteiger partial charge on any atom is 0.261 e. The second-order valence-corrected chi connectivity index (χ2v) is 5.75. The Morgan fingerprint density at radius 3 is 2.14 bits per heavy atom. The van der Waals surface area contributed by atoms with E-state index in [1.807, 2.05) is 12.1 Å². The molecule has 0 spiro atoms. The Hall–Kier alpha value is -2.21. The fourth-order valence-corrected chi connectivity index (χ4v) is 3.33.